The first-order valence-electron chi connectivity index (χ1n) is 9.47. The fourth-order valence-electron chi connectivity index (χ4n) is 3.07. The van der Waals surface area contributed by atoms with Crippen molar-refractivity contribution in [1.82, 2.24) is 14.6 Å². The molecule has 0 fully saturated rings. The third kappa shape index (κ3) is 5.77. The van der Waals surface area contributed by atoms with E-state index in [2.05, 4.69) is 10.3 Å². The second-order valence-corrected chi connectivity index (χ2v) is 8.88. The summed E-state index contributed by atoms with van der Waals surface area (Å²) in [6, 6.07) is 10.6. The van der Waals surface area contributed by atoms with Crippen molar-refractivity contribution in [2.24, 2.45) is 0 Å². The number of fused-ring (bicyclic) bond motifs is 1. The van der Waals surface area contributed by atoms with Gasteiger partial charge in [0.2, 0.25) is 15.9 Å². The molecule has 0 saturated heterocycles. The monoisotopic (exact) mass is 432 g/mol. The molecule has 1 aliphatic rings. The lowest BCUT2D eigenvalue weighted by molar-refractivity contribution is -0.125. The van der Waals surface area contributed by atoms with Gasteiger partial charge < -0.3 is 10.1 Å². The van der Waals surface area contributed by atoms with Crippen LogP contribution in [0.2, 0.25) is 0 Å². The van der Waals surface area contributed by atoms with E-state index in [0.29, 0.717) is 17.9 Å². The molecule has 1 N–H and O–H groups in total. The van der Waals surface area contributed by atoms with Crippen molar-refractivity contribution >= 4 is 27.5 Å². The molecule has 3 rings (SSSR count). The second kappa shape index (κ2) is 9.68. The maximum Gasteiger partial charge on any atom is 0.265 e. The van der Waals surface area contributed by atoms with Crippen molar-refractivity contribution in [3.63, 3.8) is 0 Å². The number of carbonyl (C=O) groups excluding carboxylic acids is 2. The van der Waals surface area contributed by atoms with E-state index in [0.717, 1.165) is 11.8 Å². The standard InChI is InChI=1S/C20H24N4O5S/c1-30(27,28)23(13-16-6-4-9-21-12-16)11-5-10-22-19(25)14-24-17-7-2-3-8-18(17)29-15-20(24)26/h2-4,6-9,12H,5,10-11,13-15H2,1H3,(H,22,25). The number of hydrogen-bond acceptors (Lipinski definition) is 6. The lowest BCUT2D eigenvalue weighted by Gasteiger charge is -2.28. The number of rotatable bonds is 9. The van der Waals surface area contributed by atoms with Crippen LogP contribution in [0.4, 0.5) is 5.69 Å². The normalized spacial score (nSPS) is 13.7. The molecule has 2 amide bonds. The Morgan fingerprint density at radius 1 is 1.27 bits per heavy atom. The van der Waals surface area contributed by atoms with Crippen molar-refractivity contribution in [2.75, 3.05) is 37.4 Å². The predicted octanol–water partition coefficient (Wildman–Crippen LogP) is 0.775. The number of aromatic nitrogens is 1. The Morgan fingerprint density at radius 2 is 2.07 bits per heavy atom. The van der Waals surface area contributed by atoms with E-state index in [1.165, 1.54) is 9.21 Å². The molecule has 0 atom stereocenters. The first kappa shape index (κ1) is 21.7. The molecule has 0 aliphatic carbocycles. The molecule has 9 nitrogen and oxygen atoms in total. The number of pyridine rings is 1. The van der Waals surface area contributed by atoms with Gasteiger partial charge in [0.1, 0.15) is 12.3 Å². The molecule has 0 radical (unpaired) electrons. The van der Waals surface area contributed by atoms with Crippen molar-refractivity contribution < 1.29 is 22.7 Å². The molecule has 1 aromatic heterocycles. The van der Waals surface area contributed by atoms with Gasteiger partial charge in [-0.25, -0.2) is 8.42 Å². The highest BCUT2D eigenvalue weighted by Crippen LogP contribution is 2.31. The minimum atomic E-state index is -3.40. The minimum absolute atomic E-state index is 0.109. The van der Waals surface area contributed by atoms with Gasteiger partial charge in [-0.05, 0) is 30.2 Å². The minimum Gasteiger partial charge on any atom is -0.482 e. The Kier molecular flexibility index (Phi) is 7.01. The summed E-state index contributed by atoms with van der Waals surface area (Å²) in [5, 5.41) is 2.74. The first-order valence-corrected chi connectivity index (χ1v) is 11.3. The SMILES string of the molecule is CS(=O)(=O)N(CCCNC(=O)CN1C(=O)COc2ccccc21)Cc1cccnc1. The van der Waals surface area contributed by atoms with Crippen LogP contribution >= 0.6 is 0 Å². The van der Waals surface area contributed by atoms with Crippen molar-refractivity contribution in [3.05, 3.63) is 54.4 Å². The maximum absolute atomic E-state index is 12.3. The molecule has 0 spiro atoms. The molecule has 0 bridgehead atoms. The van der Waals surface area contributed by atoms with Gasteiger partial charge in [-0.1, -0.05) is 18.2 Å². The fourth-order valence-corrected chi connectivity index (χ4v) is 3.91. The number of nitrogens with zero attached hydrogens (tertiary/aromatic N) is 3. The van der Waals surface area contributed by atoms with Crippen molar-refractivity contribution in [1.29, 1.82) is 0 Å². The zero-order valence-corrected chi connectivity index (χ0v) is 17.5. The van der Waals surface area contributed by atoms with Crippen LogP contribution in [0.25, 0.3) is 0 Å². The van der Waals surface area contributed by atoms with Crippen LogP contribution in [-0.4, -0.2) is 62.0 Å². The zero-order chi connectivity index (χ0) is 21.6. The summed E-state index contributed by atoms with van der Waals surface area (Å²) < 4.78 is 30.8. The van der Waals surface area contributed by atoms with E-state index in [9.17, 15) is 18.0 Å². The van der Waals surface area contributed by atoms with Gasteiger partial charge in [-0.2, -0.15) is 4.31 Å². The average molecular weight is 433 g/mol. The smallest absolute Gasteiger partial charge is 0.265 e. The van der Waals surface area contributed by atoms with Crippen molar-refractivity contribution in [2.45, 2.75) is 13.0 Å². The van der Waals surface area contributed by atoms with E-state index in [4.69, 9.17) is 4.74 Å². The quantitative estimate of drug-likeness (QED) is 0.587. The number of carbonyl (C=O) groups is 2. The molecule has 30 heavy (non-hydrogen) atoms. The van der Waals surface area contributed by atoms with Gasteiger partial charge in [0.25, 0.3) is 5.91 Å². The molecule has 1 aromatic carbocycles. The molecule has 0 unspecified atom stereocenters. The van der Waals surface area contributed by atoms with Gasteiger partial charge in [0.15, 0.2) is 6.61 Å². The van der Waals surface area contributed by atoms with Crippen LogP contribution in [-0.2, 0) is 26.2 Å². The topological polar surface area (TPSA) is 109 Å². The summed E-state index contributed by atoms with van der Waals surface area (Å²) in [5.41, 5.74) is 1.35. The molecule has 160 valence electrons. The predicted molar refractivity (Wildman–Crippen MR) is 111 cm³/mol. The summed E-state index contributed by atoms with van der Waals surface area (Å²) >= 11 is 0. The molecular weight excluding hydrogens is 408 g/mol. The summed E-state index contributed by atoms with van der Waals surface area (Å²) in [4.78, 5) is 29.8. The van der Waals surface area contributed by atoms with E-state index >= 15 is 0 Å². The van der Waals surface area contributed by atoms with E-state index in [1.807, 2.05) is 6.07 Å². The number of para-hydroxylation sites is 2. The van der Waals surface area contributed by atoms with E-state index in [-0.39, 0.29) is 44.6 Å². The van der Waals surface area contributed by atoms with Gasteiger partial charge in [0, 0.05) is 32.0 Å². The second-order valence-electron chi connectivity index (χ2n) is 6.90. The molecule has 10 heteroatoms. The molecule has 2 heterocycles. The van der Waals surface area contributed by atoms with E-state index in [1.54, 1.807) is 42.7 Å². The summed E-state index contributed by atoms with van der Waals surface area (Å²) in [6.45, 7) is 0.539. The van der Waals surface area contributed by atoms with Gasteiger partial charge in [-0.15, -0.1) is 0 Å². The lowest BCUT2D eigenvalue weighted by Crippen LogP contribution is -2.45. The summed E-state index contributed by atoms with van der Waals surface area (Å²) in [7, 11) is -3.40. The number of hydrogen-bond donors (Lipinski definition) is 1. The Morgan fingerprint density at radius 3 is 2.80 bits per heavy atom. The van der Waals surface area contributed by atoms with Gasteiger partial charge in [0.05, 0.1) is 11.9 Å². The van der Waals surface area contributed by atoms with Gasteiger partial charge >= 0.3 is 0 Å². The molecule has 0 saturated carbocycles. The zero-order valence-electron chi connectivity index (χ0n) is 16.7. The average Bonchev–Trinajstić information content (AvgIpc) is 2.72. The fraction of sp³-hybridized carbons (Fsp3) is 0.350. The van der Waals surface area contributed by atoms with Crippen LogP contribution in [0.5, 0.6) is 5.75 Å². The summed E-state index contributed by atoms with van der Waals surface area (Å²) in [5.74, 6) is -0.0501. The summed E-state index contributed by atoms with van der Waals surface area (Å²) in [6.07, 6.45) is 4.84. The lowest BCUT2D eigenvalue weighted by atomic mass is 10.2. The highest BCUT2D eigenvalue weighted by molar-refractivity contribution is 7.88. The Bertz CT molecular complexity index is 997. The number of benzene rings is 1. The van der Waals surface area contributed by atoms with Crippen LogP contribution in [0, 0.1) is 0 Å². The number of ether oxygens (including phenoxy) is 1. The third-order valence-corrected chi connectivity index (χ3v) is 5.82. The molecular formula is C20H24N4O5S. The Hall–Kier alpha value is -2.98. The largest absolute Gasteiger partial charge is 0.482 e. The first-order chi connectivity index (χ1) is 14.3. The van der Waals surface area contributed by atoms with Crippen LogP contribution in [0.1, 0.15) is 12.0 Å². The Labute approximate surface area is 175 Å². The van der Waals surface area contributed by atoms with Crippen LogP contribution in [0.15, 0.2) is 48.8 Å². The number of amides is 2. The number of anilines is 1. The maximum atomic E-state index is 12.3. The number of nitrogens with one attached hydrogen (secondary N) is 1. The highest BCUT2D eigenvalue weighted by Gasteiger charge is 2.26. The number of sulfonamides is 1. The van der Waals surface area contributed by atoms with E-state index < -0.39 is 10.0 Å². The van der Waals surface area contributed by atoms with Crippen LogP contribution < -0.4 is 15.0 Å². The van der Waals surface area contributed by atoms with Crippen molar-refractivity contribution in [3.8, 4) is 5.75 Å². The highest BCUT2D eigenvalue weighted by atomic mass is 32.2. The third-order valence-electron chi connectivity index (χ3n) is 4.57. The molecule has 2 aromatic rings. The Balaban J connectivity index is 1.50. The molecule has 1 aliphatic heterocycles. The van der Waals surface area contributed by atoms with Gasteiger partial charge in [-0.3, -0.25) is 19.5 Å². The van der Waals surface area contributed by atoms with Crippen LogP contribution in [0.3, 0.4) is 0 Å².